The van der Waals surface area contributed by atoms with Crippen molar-refractivity contribution in [2.24, 2.45) is 0 Å². The number of hydrogen-bond donors (Lipinski definition) is 2. The van der Waals surface area contributed by atoms with Crippen LogP contribution in [0, 0.1) is 5.82 Å². The van der Waals surface area contributed by atoms with Crippen molar-refractivity contribution >= 4 is 29.4 Å². The third kappa shape index (κ3) is 4.19. The summed E-state index contributed by atoms with van der Waals surface area (Å²) in [6.45, 7) is 3.82. The molecule has 2 aromatic rings. The molecular weight excluding hydrogens is 295 g/mol. The van der Waals surface area contributed by atoms with Gasteiger partial charge in [-0.2, -0.15) is 0 Å². The molecule has 0 aliphatic heterocycles. The van der Waals surface area contributed by atoms with Crippen LogP contribution in [0.3, 0.4) is 0 Å². The minimum Gasteiger partial charge on any atom is -0.408 e. The molecule has 8 heteroatoms. The molecule has 0 fully saturated rings. The van der Waals surface area contributed by atoms with Crippen molar-refractivity contribution in [1.82, 2.24) is 10.2 Å². The summed E-state index contributed by atoms with van der Waals surface area (Å²) in [5.41, 5.74) is 5.96. The summed E-state index contributed by atoms with van der Waals surface area (Å²) in [7, 11) is 0. The number of benzene rings is 1. The van der Waals surface area contributed by atoms with Crippen molar-refractivity contribution in [2.75, 3.05) is 16.8 Å². The van der Waals surface area contributed by atoms with Gasteiger partial charge >= 0.3 is 6.01 Å². The van der Waals surface area contributed by atoms with E-state index in [1.807, 2.05) is 13.8 Å². The van der Waals surface area contributed by atoms with Gasteiger partial charge < -0.3 is 10.2 Å². The average Bonchev–Trinajstić information content (AvgIpc) is 2.86. The normalized spacial score (nSPS) is 10.9. The number of hydrogen-bond acceptors (Lipinski definition) is 6. The Balaban J connectivity index is 1.89. The molecule has 21 heavy (non-hydrogen) atoms. The maximum Gasteiger partial charge on any atom is 0.322 e. The number of rotatable bonds is 5. The number of carbonyl (C=O) groups excluding carboxylic acids is 1. The van der Waals surface area contributed by atoms with Gasteiger partial charge in [0.2, 0.25) is 11.8 Å². The quantitative estimate of drug-likeness (QED) is 0.651. The van der Waals surface area contributed by atoms with Gasteiger partial charge in [-0.25, -0.2) is 4.39 Å². The van der Waals surface area contributed by atoms with Crippen molar-refractivity contribution < 1.29 is 13.6 Å². The van der Waals surface area contributed by atoms with E-state index < -0.39 is 5.82 Å². The Morgan fingerprint density at radius 3 is 2.86 bits per heavy atom. The van der Waals surface area contributed by atoms with Crippen molar-refractivity contribution in [3.8, 4) is 0 Å². The van der Waals surface area contributed by atoms with Gasteiger partial charge in [-0.05, 0) is 18.2 Å². The smallest absolute Gasteiger partial charge is 0.322 e. The van der Waals surface area contributed by atoms with Crippen LogP contribution >= 0.6 is 11.8 Å². The minimum absolute atomic E-state index is 0.0661. The van der Waals surface area contributed by atoms with Gasteiger partial charge in [0, 0.05) is 16.5 Å². The number of anilines is 2. The molecule has 3 N–H and O–H groups in total. The highest BCUT2D eigenvalue weighted by Gasteiger charge is 2.12. The van der Waals surface area contributed by atoms with E-state index in [0.717, 1.165) is 0 Å². The third-order valence-electron chi connectivity index (χ3n) is 2.51. The van der Waals surface area contributed by atoms with Crippen molar-refractivity contribution in [3.05, 3.63) is 29.9 Å². The first-order valence-corrected chi connectivity index (χ1v) is 7.25. The van der Waals surface area contributed by atoms with Gasteiger partial charge in [0.1, 0.15) is 5.82 Å². The SMILES string of the molecule is CC(C)c1nnc(NC(=O)CSc2ccc(F)cc2N)o1. The molecule has 0 saturated carbocycles. The molecule has 0 aliphatic rings. The Labute approximate surface area is 125 Å². The van der Waals surface area contributed by atoms with E-state index in [1.165, 1.54) is 30.0 Å². The lowest BCUT2D eigenvalue weighted by atomic mass is 10.2. The highest BCUT2D eigenvalue weighted by molar-refractivity contribution is 8.00. The van der Waals surface area contributed by atoms with Gasteiger partial charge in [-0.1, -0.05) is 18.9 Å². The predicted molar refractivity (Wildman–Crippen MR) is 78.6 cm³/mol. The molecule has 2 rings (SSSR count). The molecule has 1 aromatic heterocycles. The molecule has 0 radical (unpaired) electrons. The van der Waals surface area contributed by atoms with Gasteiger partial charge in [-0.3, -0.25) is 10.1 Å². The van der Waals surface area contributed by atoms with Crippen LogP contribution in [-0.4, -0.2) is 21.9 Å². The van der Waals surface area contributed by atoms with Crippen LogP contribution in [-0.2, 0) is 4.79 Å². The van der Waals surface area contributed by atoms with Crippen LogP contribution in [0.2, 0.25) is 0 Å². The second-order valence-corrected chi connectivity index (χ2v) is 5.64. The zero-order valence-electron chi connectivity index (χ0n) is 11.6. The highest BCUT2D eigenvalue weighted by atomic mass is 32.2. The first-order chi connectivity index (χ1) is 9.95. The number of aromatic nitrogens is 2. The topological polar surface area (TPSA) is 94.0 Å². The summed E-state index contributed by atoms with van der Waals surface area (Å²) in [5, 5.41) is 10.0. The molecule has 1 amide bonds. The molecule has 0 bridgehead atoms. The van der Waals surface area contributed by atoms with Crippen LogP contribution in [0.25, 0.3) is 0 Å². The maximum atomic E-state index is 12.9. The van der Waals surface area contributed by atoms with Crippen molar-refractivity contribution in [2.45, 2.75) is 24.7 Å². The largest absolute Gasteiger partial charge is 0.408 e. The van der Waals surface area contributed by atoms with Gasteiger partial charge in [0.15, 0.2) is 0 Å². The molecular formula is C13H15FN4O2S. The molecule has 0 aliphatic carbocycles. The maximum absolute atomic E-state index is 12.9. The van der Waals surface area contributed by atoms with E-state index in [1.54, 1.807) is 0 Å². The van der Waals surface area contributed by atoms with E-state index in [4.69, 9.17) is 10.2 Å². The summed E-state index contributed by atoms with van der Waals surface area (Å²) >= 11 is 1.20. The van der Waals surface area contributed by atoms with E-state index in [0.29, 0.717) is 16.5 Å². The number of halogens is 1. The van der Waals surface area contributed by atoms with E-state index in [9.17, 15) is 9.18 Å². The Morgan fingerprint density at radius 1 is 1.48 bits per heavy atom. The molecule has 0 saturated heterocycles. The van der Waals surface area contributed by atoms with E-state index in [2.05, 4.69) is 15.5 Å². The number of carbonyl (C=O) groups is 1. The van der Waals surface area contributed by atoms with E-state index >= 15 is 0 Å². The Hall–Kier alpha value is -2.09. The second-order valence-electron chi connectivity index (χ2n) is 4.62. The van der Waals surface area contributed by atoms with Crippen molar-refractivity contribution in [3.63, 3.8) is 0 Å². The Bertz CT molecular complexity index is 645. The average molecular weight is 310 g/mol. The van der Waals surface area contributed by atoms with Gasteiger partial charge in [-0.15, -0.1) is 16.9 Å². The molecule has 6 nitrogen and oxygen atoms in total. The Kier molecular flexibility index (Phi) is 4.79. The molecule has 112 valence electrons. The standard InChI is InChI=1S/C13H15FN4O2S/c1-7(2)12-17-18-13(20-12)16-11(19)6-21-10-4-3-8(14)5-9(10)15/h3-5,7H,6,15H2,1-2H3,(H,16,18,19). The number of nitrogens with two attached hydrogens (primary N) is 1. The second kappa shape index (κ2) is 6.57. The fourth-order valence-corrected chi connectivity index (χ4v) is 2.22. The van der Waals surface area contributed by atoms with Crippen LogP contribution in [0.4, 0.5) is 16.1 Å². The molecule has 0 atom stereocenters. The predicted octanol–water partition coefficient (Wildman–Crippen LogP) is 2.65. The highest BCUT2D eigenvalue weighted by Crippen LogP contribution is 2.25. The lowest BCUT2D eigenvalue weighted by molar-refractivity contribution is -0.113. The summed E-state index contributed by atoms with van der Waals surface area (Å²) in [6, 6.07) is 4.11. The first kappa shape index (κ1) is 15.3. The lowest BCUT2D eigenvalue weighted by Crippen LogP contribution is -2.14. The van der Waals surface area contributed by atoms with E-state index in [-0.39, 0.29) is 23.6 Å². The van der Waals surface area contributed by atoms with Crippen molar-refractivity contribution in [1.29, 1.82) is 0 Å². The van der Waals surface area contributed by atoms with Gasteiger partial charge in [0.05, 0.1) is 5.75 Å². The summed E-state index contributed by atoms with van der Waals surface area (Å²) in [6.07, 6.45) is 0. The number of thioether (sulfide) groups is 1. The molecule has 0 unspecified atom stereocenters. The number of nitrogens with one attached hydrogen (secondary N) is 1. The third-order valence-corrected chi connectivity index (χ3v) is 3.60. The lowest BCUT2D eigenvalue weighted by Gasteiger charge is -2.04. The number of amides is 1. The van der Waals surface area contributed by atoms with Crippen LogP contribution in [0.15, 0.2) is 27.5 Å². The van der Waals surface area contributed by atoms with Crippen LogP contribution < -0.4 is 11.1 Å². The fourth-order valence-electron chi connectivity index (χ4n) is 1.47. The van der Waals surface area contributed by atoms with Crippen LogP contribution in [0.1, 0.15) is 25.7 Å². The summed E-state index contributed by atoms with van der Waals surface area (Å²) in [4.78, 5) is 12.4. The molecule has 1 heterocycles. The molecule has 0 spiro atoms. The number of nitrogens with zero attached hydrogens (tertiary/aromatic N) is 2. The zero-order valence-corrected chi connectivity index (χ0v) is 12.4. The fraction of sp³-hybridized carbons (Fsp3) is 0.308. The monoisotopic (exact) mass is 310 g/mol. The van der Waals surface area contributed by atoms with Crippen LogP contribution in [0.5, 0.6) is 0 Å². The summed E-state index contributed by atoms with van der Waals surface area (Å²) < 4.78 is 18.2. The minimum atomic E-state index is -0.409. The Morgan fingerprint density at radius 2 is 2.24 bits per heavy atom. The zero-order chi connectivity index (χ0) is 15.4. The first-order valence-electron chi connectivity index (χ1n) is 6.27. The van der Waals surface area contributed by atoms with Gasteiger partial charge in [0.25, 0.3) is 0 Å². The summed E-state index contributed by atoms with van der Waals surface area (Å²) in [5.74, 6) is -0.0526. The number of nitrogen functional groups attached to an aromatic ring is 1. The molecule has 1 aromatic carbocycles.